The van der Waals surface area contributed by atoms with E-state index in [2.05, 4.69) is 5.32 Å². The van der Waals surface area contributed by atoms with Gasteiger partial charge in [-0.3, -0.25) is 19.3 Å². The number of hydrogen-bond donors (Lipinski definition) is 1. The molecule has 0 saturated heterocycles. The summed E-state index contributed by atoms with van der Waals surface area (Å²) >= 11 is 0. The Kier molecular flexibility index (Phi) is 4.72. The molecular weight excluding hydrogens is 352 g/mol. The lowest BCUT2D eigenvalue weighted by atomic mass is 10.1. The minimum atomic E-state index is -0.287. The Morgan fingerprint density at radius 2 is 1.29 bits per heavy atom. The average molecular weight is 370 g/mol. The van der Waals surface area contributed by atoms with Gasteiger partial charge in [0.25, 0.3) is 17.7 Å². The van der Waals surface area contributed by atoms with E-state index in [0.717, 1.165) is 11.1 Å². The summed E-state index contributed by atoms with van der Waals surface area (Å²) in [6.45, 7) is 0.634. The monoisotopic (exact) mass is 370 g/mol. The van der Waals surface area contributed by atoms with Crippen LogP contribution >= 0.6 is 0 Å². The Hall–Kier alpha value is -3.73. The molecule has 0 unspecified atom stereocenters. The molecule has 1 aliphatic heterocycles. The van der Waals surface area contributed by atoms with Gasteiger partial charge in [-0.15, -0.1) is 0 Å². The molecule has 0 aromatic heterocycles. The van der Waals surface area contributed by atoms with Crippen LogP contribution < -0.4 is 5.32 Å². The van der Waals surface area contributed by atoms with Crippen LogP contribution in [0.25, 0.3) is 0 Å². The number of nitrogens with one attached hydrogen (secondary N) is 1. The molecule has 0 bridgehead atoms. The van der Waals surface area contributed by atoms with E-state index >= 15 is 0 Å². The summed E-state index contributed by atoms with van der Waals surface area (Å²) in [5.74, 6) is -0.744. The molecule has 1 aliphatic rings. The second-order valence-electron chi connectivity index (χ2n) is 6.61. The zero-order valence-corrected chi connectivity index (χ0v) is 15.1. The highest BCUT2D eigenvalue weighted by atomic mass is 16.2. The molecule has 3 aromatic rings. The standard InChI is InChI=1S/C23H18N2O3/c26-21(24-14-16-6-2-1-3-7-16)18-12-10-17(11-13-18)15-25-22(27)19-8-4-5-9-20(19)23(25)28/h1-13H,14-15H2,(H,24,26). The van der Waals surface area contributed by atoms with Gasteiger partial charge in [0.2, 0.25) is 0 Å². The fourth-order valence-electron chi connectivity index (χ4n) is 3.21. The summed E-state index contributed by atoms with van der Waals surface area (Å²) in [6, 6.07) is 23.4. The van der Waals surface area contributed by atoms with Crippen molar-refractivity contribution in [1.82, 2.24) is 10.2 Å². The summed E-state index contributed by atoms with van der Waals surface area (Å²) in [5.41, 5.74) is 3.21. The van der Waals surface area contributed by atoms with E-state index in [-0.39, 0.29) is 24.3 Å². The molecular formula is C23H18N2O3. The maximum absolute atomic E-state index is 12.4. The number of rotatable bonds is 5. The maximum Gasteiger partial charge on any atom is 0.261 e. The van der Waals surface area contributed by atoms with E-state index in [1.54, 1.807) is 48.5 Å². The smallest absolute Gasteiger partial charge is 0.261 e. The Morgan fingerprint density at radius 1 is 0.714 bits per heavy atom. The van der Waals surface area contributed by atoms with Gasteiger partial charge < -0.3 is 5.32 Å². The highest BCUT2D eigenvalue weighted by molar-refractivity contribution is 6.21. The third-order valence-corrected chi connectivity index (χ3v) is 4.73. The van der Waals surface area contributed by atoms with E-state index in [0.29, 0.717) is 23.2 Å². The van der Waals surface area contributed by atoms with Gasteiger partial charge in [-0.2, -0.15) is 0 Å². The molecule has 0 fully saturated rings. The molecule has 138 valence electrons. The van der Waals surface area contributed by atoms with Gasteiger partial charge in [-0.1, -0.05) is 54.6 Å². The second kappa shape index (κ2) is 7.48. The highest BCUT2D eigenvalue weighted by Gasteiger charge is 2.34. The van der Waals surface area contributed by atoms with Crippen molar-refractivity contribution < 1.29 is 14.4 Å². The van der Waals surface area contributed by atoms with Crippen LogP contribution in [0, 0.1) is 0 Å². The van der Waals surface area contributed by atoms with Crippen molar-refractivity contribution in [2.75, 3.05) is 0 Å². The van der Waals surface area contributed by atoms with Crippen LogP contribution in [0.4, 0.5) is 0 Å². The van der Waals surface area contributed by atoms with Crippen molar-refractivity contribution in [3.63, 3.8) is 0 Å². The zero-order valence-electron chi connectivity index (χ0n) is 15.1. The van der Waals surface area contributed by atoms with Crippen molar-refractivity contribution in [2.24, 2.45) is 0 Å². The first kappa shape index (κ1) is 17.7. The third kappa shape index (κ3) is 3.42. The molecule has 0 spiro atoms. The predicted octanol–water partition coefficient (Wildman–Crippen LogP) is 3.41. The highest BCUT2D eigenvalue weighted by Crippen LogP contribution is 2.24. The maximum atomic E-state index is 12.4. The Balaban J connectivity index is 1.41. The molecule has 0 radical (unpaired) electrons. The Labute approximate surface area is 162 Å². The van der Waals surface area contributed by atoms with Crippen molar-refractivity contribution >= 4 is 17.7 Å². The summed E-state index contributed by atoms with van der Waals surface area (Å²) in [4.78, 5) is 38.4. The van der Waals surface area contributed by atoms with Crippen LogP contribution in [0.15, 0.2) is 78.9 Å². The summed E-state index contributed by atoms with van der Waals surface area (Å²) in [7, 11) is 0. The normalized spacial score (nSPS) is 12.8. The topological polar surface area (TPSA) is 66.5 Å². The van der Waals surface area contributed by atoms with E-state index in [1.807, 2.05) is 30.3 Å². The van der Waals surface area contributed by atoms with Crippen LogP contribution in [-0.4, -0.2) is 22.6 Å². The average Bonchev–Trinajstić information content (AvgIpc) is 2.98. The minimum Gasteiger partial charge on any atom is -0.348 e. The lowest BCUT2D eigenvalue weighted by Gasteiger charge is -2.14. The molecule has 1 heterocycles. The molecule has 1 N–H and O–H groups in total. The third-order valence-electron chi connectivity index (χ3n) is 4.73. The fourth-order valence-corrected chi connectivity index (χ4v) is 3.21. The molecule has 0 saturated carbocycles. The number of carbonyl (C=O) groups is 3. The molecule has 3 amide bonds. The number of hydrogen-bond acceptors (Lipinski definition) is 3. The second-order valence-corrected chi connectivity index (χ2v) is 6.61. The predicted molar refractivity (Wildman–Crippen MR) is 105 cm³/mol. The van der Waals surface area contributed by atoms with Gasteiger partial charge in [0, 0.05) is 12.1 Å². The molecule has 0 aliphatic carbocycles. The van der Waals surface area contributed by atoms with Gasteiger partial charge >= 0.3 is 0 Å². The zero-order chi connectivity index (χ0) is 19.5. The number of amides is 3. The van der Waals surface area contributed by atoms with E-state index < -0.39 is 0 Å². The van der Waals surface area contributed by atoms with Crippen molar-refractivity contribution in [3.8, 4) is 0 Å². The van der Waals surface area contributed by atoms with Gasteiger partial charge in [0.05, 0.1) is 17.7 Å². The largest absolute Gasteiger partial charge is 0.348 e. The first-order valence-electron chi connectivity index (χ1n) is 9.00. The number of benzene rings is 3. The van der Waals surface area contributed by atoms with Crippen LogP contribution in [0.1, 0.15) is 42.2 Å². The molecule has 3 aromatic carbocycles. The number of fused-ring (bicyclic) bond motifs is 1. The summed E-state index contributed by atoms with van der Waals surface area (Å²) < 4.78 is 0. The number of imide groups is 1. The Morgan fingerprint density at radius 3 is 1.89 bits per heavy atom. The lowest BCUT2D eigenvalue weighted by Crippen LogP contribution is -2.29. The molecule has 28 heavy (non-hydrogen) atoms. The van der Waals surface area contributed by atoms with Crippen molar-refractivity contribution in [3.05, 3.63) is 107 Å². The first-order valence-corrected chi connectivity index (χ1v) is 9.00. The fraction of sp³-hybridized carbons (Fsp3) is 0.0870. The summed E-state index contributed by atoms with van der Waals surface area (Å²) in [6.07, 6.45) is 0. The first-order chi connectivity index (χ1) is 13.6. The van der Waals surface area contributed by atoms with Crippen LogP contribution in [-0.2, 0) is 13.1 Å². The van der Waals surface area contributed by atoms with Crippen molar-refractivity contribution in [1.29, 1.82) is 0 Å². The molecule has 4 rings (SSSR count). The quantitative estimate of drug-likeness (QED) is 0.700. The van der Waals surface area contributed by atoms with E-state index in [1.165, 1.54) is 4.90 Å². The lowest BCUT2D eigenvalue weighted by molar-refractivity contribution is 0.0642. The Bertz CT molecular complexity index is 1010. The minimum absolute atomic E-state index is 0.170. The van der Waals surface area contributed by atoms with Crippen LogP contribution in [0.3, 0.4) is 0 Å². The SMILES string of the molecule is O=C(NCc1ccccc1)c1ccc(CN2C(=O)c3ccccc3C2=O)cc1. The molecule has 0 atom stereocenters. The van der Waals surface area contributed by atoms with Gasteiger partial charge in [0.15, 0.2) is 0 Å². The van der Waals surface area contributed by atoms with Gasteiger partial charge in [-0.25, -0.2) is 0 Å². The number of nitrogens with zero attached hydrogens (tertiary/aromatic N) is 1. The van der Waals surface area contributed by atoms with E-state index in [9.17, 15) is 14.4 Å². The van der Waals surface area contributed by atoms with E-state index in [4.69, 9.17) is 0 Å². The van der Waals surface area contributed by atoms with Crippen LogP contribution in [0.5, 0.6) is 0 Å². The number of carbonyl (C=O) groups excluding carboxylic acids is 3. The molecule has 5 nitrogen and oxygen atoms in total. The van der Waals surface area contributed by atoms with Gasteiger partial charge in [-0.05, 0) is 35.4 Å². The summed E-state index contributed by atoms with van der Waals surface area (Å²) in [5, 5.41) is 2.88. The molecule has 5 heteroatoms. The van der Waals surface area contributed by atoms with Crippen LogP contribution in [0.2, 0.25) is 0 Å². The van der Waals surface area contributed by atoms with Gasteiger partial charge in [0.1, 0.15) is 0 Å². The van der Waals surface area contributed by atoms with Crippen molar-refractivity contribution in [2.45, 2.75) is 13.1 Å².